The number of likely N-dealkylation sites (N-methyl/N-ethyl adjacent to an activating group) is 1. The molecule has 0 aliphatic rings. The van der Waals surface area contributed by atoms with Gasteiger partial charge in [-0.25, -0.2) is 0 Å². The van der Waals surface area contributed by atoms with Crippen molar-refractivity contribution in [1.82, 2.24) is 0 Å². The highest BCUT2D eigenvalue weighted by Gasteiger charge is 2.16. The lowest BCUT2D eigenvalue weighted by molar-refractivity contribution is 0.681. The summed E-state index contributed by atoms with van der Waals surface area (Å²) in [7, 11) is 2.07. The third-order valence-corrected chi connectivity index (χ3v) is 3.91. The largest absolute Gasteiger partial charge is 0.366 e. The van der Waals surface area contributed by atoms with E-state index in [1.54, 1.807) is 0 Å². The molecular weight excluding hydrogens is 268 g/mol. The standard InChI is InChI=1S/C17H21ClN2/c1-3-13-7-9-16(10-8-13)20(2)17(12-19)14-5-4-6-15(18)11-14/h4-11,17H,3,12,19H2,1-2H3. The first-order chi connectivity index (χ1) is 9.65. The Balaban J connectivity index is 2.26. The summed E-state index contributed by atoms with van der Waals surface area (Å²) in [5, 5.41) is 0.746. The highest BCUT2D eigenvalue weighted by atomic mass is 35.5. The molecule has 2 N–H and O–H groups in total. The summed E-state index contributed by atoms with van der Waals surface area (Å²) in [5.41, 5.74) is 9.61. The molecule has 106 valence electrons. The van der Waals surface area contributed by atoms with Crippen LogP contribution >= 0.6 is 11.6 Å². The molecule has 0 saturated heterocycles. The molecule has 2 aromatic rings. The van der Waals surface area contributed by atoms with Crippen LogP contribution in [-0.4, -0.2) is 13.6 Å². The Morgan fingerprint density at radius 1 is 1.15 bits per heavy atom. The molecule has 2 nitrogen and oxygen atoms in total. The quantitative estimate of drug-likeness (QED) is 0.900. The van der Waals surface area contributed by atoms with Crippen molar-refractivity contribution in [2.75, 3.05) is 18.5 Å². The zero-order chi connectivity index (χ0) is 14.5. The highest BCUT2D eigenvalue weighted by Crippen LogP contribution is 2.26. The first kappa shape index (κ1) is 14.9. The van der Waals surface area contributed by atoms with E-state index >= 15 is 0 Å². The molecule has 0 saturated carbocycles. The maximum absolute atomic E-state index is 6.08. The number of halogens is 1. The molecule has 0 amide bonds. The van der Waals surface area contributed by atoms with Crippen LogP contribution in [0.15, 0.2) is 48.5 Å². The molecule has 0 aliphatic heterocycles. The van der Waals surface area contributed by atoms with E-state index in [9.17, 15) is 0 Å². The molecule has 2 rings (SSSR count). The minimum Gasteiger partial charge on any atom is -0.366 e. The van der Waals surface area contributed by atoms with Crippen LogP contribution in [0.25, 0.3) is 0 Å². The van der Waals surface area contributed by atoms with Gasteiger partial charge < -0.3 is 10.6 Å². The summed E-state index contributed by atoms with van der Waals surface area (Å²) in [5.74, 6) is 0. The third-order valence-electron chi connectivity index (χ3n) is 3.68. The Hall–Kier alpha value is -1.51. The minimum absolute atomic E-state index is 0.126. The van der Waals surface area contributed by atoms with E-state index in [0.717, 1.165) is 22.7 Å². The SMILES string of the molecule is CCc1ccc(N(C)C(CN)c2cccc(Cl)c2)cc1. The molecule has 3 heteroatoms. The van der Waals surface area contributed by atoms with Crippen LogP contribution in [-0.2, 0) is 6.42 Å². The van der Waals surface area contributed by atoms with Gasteiger partial charge in [-0.15, -0.1) is 0 Å². The number of nitrogens with two attached hydrogens (primary N) is 1. The molecule has 1 unspecified atom stereocenters. The number of aryl methyl sites for hydroxylation is 1. The van der Waals surface area contributed by atoms with Gasteiger partial charge in [-0.3, -0.25) is 0 Å². The van der Waals surface area contributed by atoms with Crippen molar-refractivity contribution in [3.8, 4) is 0 Å². The van der Waals surface area contributed by atoms with E-state index in [1.807, 2.05) is 18.2 Å². The van der Waals surface area contributed by atoms with Crippen molar-refractivity contribution in [2.45, 2.75) is 19.4 Å². The van der Waals surface area contributed by atoms with Gasteiger partial charge in [-0.05, 0) is 41.8 Å². The second-order valence-corrected chi connectivity index (χ2v) is 5.37. The van der Waals surface area contributed by atoms with Crippen molar-refractivity contribution in [3.05, 3.63) is 64.7 Å². The number of anilines is 1. The normalized spacial score (nSPS) is 12.2. The first-order valence-electron chi connectivity index (χ1n) is 6.93. The molecule has 0 bridgehead atoms. The number of hydrogen-bond acceptors (Lipinski definition) is 2. The molecule has 0 fully saturated rings. The Labute approximate surface area is 126 Å². The van der Waals surface area contributed by atoms with Crippen LogP contribution in [0, 0.1) is 0 Å². The summed E-state index contributed by atoms with van der Waals surface area (Å²) < 4.78 is 0. The zero-order valence-electron chi connectivity index (χ0n) is 12.0. The topological polar surface area (TPSA) is 29.3 Å². The fourth-order valence-corrected chi connectivity index (χ4v) is 2.58. The van der Waals surface area contributed by atoms with Crippen molar-refractivity contribution < 1.29 is 0 Å². The number of benzene rings is 2. The molecule has 0 radical (unpaired) electrons. The minimum atomic E-state index is 0.126. The Bertz CT molecular complexity index is 551. The average molecular weight is 289 g/mol. The van der Waals surface area contributed by atoms with E-state index in [0.29, 0.717) is 6.54 Å². The van der Waals surface area contributed by atoms with Gasteiger partial charge in [0.1, 0.15) is 0 Å². The maximum atomic E-state index is 6.08. The lowest BCUT2D eigenvalue weighted by Crippen LogP contribution is -2.30. The maximum Gasteiger partial charge on any atom is 0.0662 e. The predicted octanol–water partition coefficient (Wildman–Crippen LogP) is 4.04. The van der Waals surface area contributed by atoms with Gasteiger partial charge in [0, 0.05) is 24.3 Å². The van der Waals surface area contributed by atoms with Crippen molar-refractivity contribution in [1.29, 1.82) is 0 Å². The van der Waals surface area contributed by atoms with E-state index in [4.69, 9.17) is 17.3 Å². The molecule has 0 aliphatic carbocycles. The van der Waals surface area contributed by atoms with Gasteiger partial charge in [0.15, 0.2) is 0 Å². The summed E-state index contributed by atoms with van der Waals surface area (Å²) in [6.45, 7) is 2.71. The van der Waals surface area contributed by atoms with Crippen LogP contribution in [0.2, 0.25) is 5.02 Å². The molecule has 0 aromatic heterocycles. The molecule has 1 atom stereocenters. The van der Waals surface area contributed by atoms with Gasteiger partial charge in [0.05, 0.1) is 6.04 Å². The molecule has 0 spiro atoms. The third kappa shape index (κ3) is 3.33. The smallest absolute Gasteiger partial charge is 0.0662 e. The fraction of sp³-hybridized carbons (Fsp3) is 0.294. The van der Waals surface area contributed by atoms with Crippen LogP contribution in [0.5, 0.6) is 0 Å². The number of rotatable bonds is 5. The van der Waals surface area contributed by atoms with Gasteiger partial charge in [-0.1, -0.05) is 42.8 Å². The van der Waals surface area contributed by atoms with Gasteiger partial charge in [-0.2, -0.15) is 0 Å². The Morgan fingerprint density at radius 3 is 2.40 bits per heavy atom. The van der Waals surface area contributed by atoms with E-state index in [-0.39, 0.29) is 6.04 Å². The number of nitrogens with zero attached hydrogens (tertiary/aromatic N) is 1. The summed E-state index contributed by atoms with van der Waals surface area (Å²) >= 11 is 6.08. The van der Waals surface area contributed by atoms with Gasteiger partial charge >= 0.3 is 0 Å². The van der Waals surface area contributed by atoms with Gasteiger partial charge in [0.25, 0.3) is 0 Å². The summed E-state index contributed by atoms with van der Waals surface area (Å²) in [4.78, 5) is 2.20. The van der Waals surface area contributed by atoms with Crippen molar-refractivity contribution >= 4 is 17.3 Å². The molecular formula is C17H21ClN2. The van der Waals surface area contributed by atoms with Crippen molar-refractivity contribution in [3.63, 3.8) is 0 Å². The predicted molar refractivity (Wildman–Crippen MR) is 87.5 cm³/mol. The fourth-order valence-electron chi connectivity index (χ4n) is 2.38. The van der Waals surface area contributed by atoms with Crippen LogP contribution in [0.4, 0.5) is 5.69 Å². The monoisotopic (exact) mass is 288 g/mol. The van der Waals surface area contributed by atoms with Gasteiger partial charge in [0.2, 0.25) is 0 Å². The van der Waals surface area contributed by atoms with E-state index in [2.05, 4.69) is 49.2 Å². The highest BCUT2D eigenvalue weighted by molar-refractivity contribution is 6.30. The van der Waals surface area contributed by atoms with Crippen LogP contribution < -0.4 is 10.6 Å². The summed E-state index contributed by atoms with van der Waals surface area (Å²) in [6, 6.07) is 16.6. The summed E-state index contributed by atoms with van der Waals surface area (Å²) in [6.07, 6.45) is 1.05. The van der Waals surface area contributed by atoms with Crippen LogP contribution in [0.3, 0.4) is 0 Å². The zero-order valence-corrected chi connectivity index (χ0v) is 12.8. The molecule has 20 heavy (non-hydrogen) atoms. The second kappa shape index (κ2) is 6.78. The van der Waals surface area contributed by atoms with Crippen LogP contribution in [0.1, 0.15) is 24.1 Å². The molecule has 0 heterocycles. The Kier molecular flexibility index (Phi) is 5.05. The Morgan fingerprint density at radius 2 is 1.85 bits per heavy atom. The average Bonchev–Trinajstić information content (AvgIpc) is 2.48. The lowest BCUT2D eigenvalue weighted by Gasteiger charge is -2.29. The first-order valence-corrected chi connectivity index (χ1v) is 7.30. The molecule has 2 aromatic carbocycles. The number of hydrogen-bond donors (Lipinski definition) is 1. The van der Waals surface area contributed by atoms with E-state index < -0.39 is 0 Å². The van der Waals surface area contributed by atoms with E-state index in [1.165, 1.54) is 5.56 Å². The second-order valence-electron chi connectivity index (χ2n) is 4.94. The van der Waals surface area contributed by atoms with Crippen molar-refractivity contribution in [2.24, 2.45) is 5.73 Å². The lowest BCUT2D eigenvalue weighted by atomic mass is 10.0.